The molecule has 0 aliphatic carbocycles. The molecule has 4 nitrogen and oxygen atoms in total. The summed E-state index contributed by atoms with van der Waals surface area (Å²) in [6, 6.07) is 4.18. The first-order valence-corrected chi connectivity index (χ1v) is 5.73. The largest absolute Gasteiger partial charge is 0.477 e. The van der Waals surface area contributed by atoms with Crippen LogP contribution in [0.15, 0.2) is 24.3 Å². The van der Waals surface area contributed by atoms with Crippen LogP contribution in [0.4, 0.5) is 8.78 Å². The van der Waals surface area contributed by atoms with Crippen LogP contribution in [-0.2, 0) is 0 Å². The number of benzene rings is 1. The summed E-state index contributed by atoms with van der Waals surface area (Å²) in [6.45, 7) is 3.18. The van der Waals surface area contributed by atoms with Gasteiger partial charge in [-0.15, -0.1) is 0 Å². The van der Waals surface area contributed by atoms with Crippen LogP contribution in [0.5, 0.6) is 11.5 Å². The molecular weight excluding hydrogens is 268 g/mol. The van der Waals surface area contributed by atoms with Gasteiger partial charge in [-0.25, -0.2) is 13.6 Å². The zero-order valence-corrected chi connectivity index (χ0v) is 10.8. The first-order chi connectivity index (χ1) is 9.38. The van der Waals surface area contributed by atoms with Gasteiger partial charge in [-0.2, -0.15) is 0 Å². The zero-order chi connectivity index (χ0) is 14.9. The van der Waals surface area contributed by atoms with Gasteiger partial charge in [-0.3, -0.25) is 4.98 Å². The number of aromatic carboxylic acids is 1. The van der Waals surface area contributed by atoms with Crippen LogP contribution in [0.25, 0.3) is 0 Å². The Kier molecular flexibility index (Phi) is 3.65. The van der Waals surface area contributed by atoms with Crippen molar-refractivity contribution in [3.05, 3.63) is 52.9 Å². The Balaban J connectivity index is 2.50. The van der Waals surface area contributed by atoms with Gasteiger partial charge in [0.05, 0.1) is 5.69 Å². The third-order valence-corrected chi connectivity index (χ3v) is 2.62. The molecule has 0 saturated carbocycles. The van der Waals surface area contributed by atoms with E-state index in [9.17, 15) is 13.6 Å². The highest BCUT2D eigenvalue weighted by Crippen LogP contribution is 2.29. The molecule has 0 spiro atoms. The molecule has 0 amide bonds. The van der Waals surface area contributed by atoms with E-state index in [4.69, 9.17) is 9.84 Å². The molecule has 0 fully saturated rings. The van der Waals surface area contributed by atoms with Gasteiger partial charge in [0.15, 0.2) is 11.6 Å². The molecule has 0 unspecified atom stereocenters. The lowest BCUT2D eigenvalue weighted by Gasteiger charge is -2.12. The lowest BCUT2D eigenvalue weighted by molar-refractivity contribution is 0.0692. The van der Waals surface area contributed by atoms with E-state index >= 15 is 0 Å². The molecule has 2 rings (SSSR count). The number of hydrogen-bond donors (Lipinski definition) is 1. The molecule has 1 aromatic heterocycles. The zero-order valence-electron chi connectivity index (χ0n) is 10.8. The Morgan fingerprint density at radius 2 is 1.90 bits per heavy atom. The number of aryl methyl sites for hydroxylation is 2. The first-order valence-electron chi connectivity index (χ1n) is 5.73. The molecular formula is C14H11F2NO3. The lowest BCUT2D eigenvalue weighted by Crippen LogP contribution is -2.06. The highest BCUT2D eigenvalue weighted by atomic mass is 19.1. The van der Waals surface area contributed by atoms with E-state index in [1.807, 2.05) is 0 Å². The Bertz CT molecular complexity index is 686. The van der Waals surface area contributed by atoms with Crippen molar-refractivity contribution in [3.8, 4) is 11.5 Å². The molecule has 0 radical (unpaired) electrons. The maximum atomic E-state index is 13.5. The van der Waals surface area contributed by atoms with Crippen LogP contribution in [0, 0.1) is 25.5 Å². The van der Waals surface area contributed by atoms with Crippen LogP contribution < -0.4 is 4.74 Å². The number of hydrogen-bond acceptors (Lipinski definition) is 3. The van der Waals surface area contributed by atoms with Crippen molar-refractivity contribution >= 4 is 5.97 Å². The summed E-state index contributed by atoms with van der Waals surface area (Å²) in [6.07, 6.45) is 0. The van der Waals surface area contributed by atoms with Gasteiger partial charge in [0.2, 0.25) is 0 Å². The van der Waals surface area contributed by atoms with Gasteiger partial charge in [0.25, 0.3) is 0 Å². The number of halogens is 2. The second kappa shape index (κ2) is 5.24. The Morgan fingerprint density at radius 1 is 1.20 bits per heavy atom. The minimum absolute atomic E-state index is 0.0343. The topological polar surface area (TPSA) is 59.4 Å². The van der Waals surface area contributed by atoms with Gasteiger partial charge in [0, 0.05) is 17.8 Å². The lowest BCUT2D eigenvalue weighted by atomic mass is 10.1. The first kappa shape index (κ1) is 13.9. The Labute approximate surface area is 113 Å². The predicted molar refractivity (Wildman–Crippen MR) is 67.1 cm³/mol. The normalized spacial score (nSPS) is 10.4. The van der Waals surface area contributed by atoms with E-state index in [-0.39, 0.29) is 22.8 Å². The summed E-state index contributed by atoms with van der Waals surface area (Å²) >= 11 is 0. The van der Waals surface area contributed by atoms with E-state index in [0.29, 0.717) is 11.8 Å². The van der Waals surface area contributed by atoms with Crippen LogP contribution >= 0.6 is 0 Å². The SMILES string of the molecule is Cc1cc(Oc2ccc(F)cc2F)c(C(=O)O)c(C)n1. The number of nitrogens with zero attached hydrogens (tertiary/aromatic N) is 1. The van der Waals surface area contributed by atoms with E-state index in [1.54, 1.807) is 6.92 Å². The van der Waals surface area contributed by atoms with Crippen LogP contribution in [0.3, 0.4) is 0 Å². The Morgan fingerprint density at radius 3 is 2.50 bits per heavy atom. The molecule has 104 valence electrons. The standard InChI is InChI=1S/C14H11F2NO3/c1-7-5-12(13(14(18)19)8(2)17-7)20-11-4-3-9(15)6-10(11)16/h3-6H,1-2H3,(H,18,19). The molecule has 2 aromatic rings. The van der Waals surface area contributed by atoms with Crippen molar-refractivity contribution in [3.63, 3.8) is 0 Å². The summed E-state index contributed by atoms with van der Waals surface area (Å²) in [4.78, 5) is 15.2. The number of aromatic nitrogens is 1. The molecule has 1 N–H and O–H groups in total. The highest BCUT2D eigenvalue weighted by Gasteiger charge is 2.18. The van der Waals surface area contributed by atoms with Crippen molar-refractivity contribution in [2.45, 2.75) is 13.8 Å². The van der Waals surface area contributed by atoms with Crippen LogP contribution in [0.1, 0.15) is 21.7 Å². The second-order valence-corrected chi connectivity index (χ2v) is 4.20. The van der Waals surface area contributed by atoms with E-state index in [0.717, 1.165) is 12.1 Å². The minimum Gasteiger partial charge on any atom is -0.477 e. The maximum Gasteiger partial charge on any atom is 0.341 e. The Hall–Kier alpha value is -2.50. The van der Waals surface area contributed by atoms with Gasteiger partial charge >= 0.3 is 5.97 Å². The molecule has 6 heteroatoms. The average Bonchev–Trinajstić information content (AvgIpc) is 2.31. The second-order valence-electron chi connectivity index (χ2n) is 4.20. The summed E-state index contributed by atoms with van der Waals surface area (Å²) in [5.74, 6) is -3.16. The van der Waals surface area contributed by atoms with E-state index in [1.165, 1.54) is 13.0 Å². The fourth-order valence-corrected chi connectivity index (χ4v) is 1.81. The summed E-state index contributed by atoms with van der Waals surface area (Å²) in [7, 11) is 0. The molecule has 0 bridgehead atoms. The van der Waals surface area contributed by atoms with Gasteiger partial charge in [-0.05, 0) is 26.0 Å². The molecule has 1 aromatic carbocycles. The predicted octanol–water partition coefficient (Wildman–Crippen LogP) is 3.47. The van der Waals surface area contributed by atoms with Crippen LogP contribution in [0.2, 0.25) is 0 Å². The number of carboxylic acids is 1. The monoisotopic (exact) mass is 279 g/mol. The highest BCUT2D eigenvalue weighted by molar-refractivity contribution is 5.92. The van der Waals surface area contributed by atoms with Gasteiger partial charge in [-0.1, -0.05) is 0 Å². The van der Waals surface area contributed by atoms with Crippen molar-refractivity contribution in [2.75, 3.05) is 0 Å². The number of carbonyl (C=O) groups is 1. The van der Waals surface area contributed by atoms with Crippen LogP contribution in [-0.4, -0.2) is 16.1 Å². The summed E-state index contributed by atoms with van der Waals surface area (Å²) in [5.41, 5.74) is 0.638. The number of rotatable bonds is 3. The minimum atomic E-state index is -1.23. The summed E-state index contributed by atoms with van der Waals surface area (Å²) in [5, 5.41) is 9.16. The molecule has 0 atom stereocenters. The molecule has 0 saturated heterocycles. The maximum absolute atomic E-state index is 13.5. The molecule has 0 aliphatic heterocycles. The quantitative estimate of drug-likeness (QED) is 0.934. The number of pyridine rings is 1. The fraction of sp³-hybridized carbons (Fsp3) is 0.143. The third kappa shape index (κ3) is 2.74. The van der Waals surface area contributed by atoms with Crippen molar-refractivity contribution in [1.82, 2.24) is 4.98 Å². The van der Waals surface area contributed by atoms with E-state index in [2.05, 4.69) is 4.98 Å². The van der Waals surface area contributed by atoms with E-state index < -0.39 is 17.6 Å². The number of ether oxygens (including phenoxy) is 1. The average molecular weight is 279 g/mol. The fourth-order valence-electron chi connectivity index (χ4n) is 1.81. The van der Waals surface area contributed by atoms with Gasteiger partial charge in [0.1, 0.15) is 17.1 Å². The van der Waals surface area contributed by atoms with Crippen molar-refractivity contribution in [2.24, 2.45) is 0 Å². The molecule has 20 heavy (non-hydrogen) atoms. The number of carboxylic acid groups (broad SMARTS) is 1. The molecule has 0 aliphatic rings. The third-order valence-electron chi connectivity index (χ3n) is 2.62. The van der Waals surface area contributed by atoms with Gasteiger partial charge < -0.3 is 9.84 Å². The smallest absolute Gasteiger partial charge is 0.341 e. The summed E-state index contributed by atoms with van der Waals surface area (Å²) < 4.78 is 31.6. The van der Waals surface area contributed by atoms with Crippen molar-refractivity contribution in [1.29, 1.82) is 0 Å². The molecule has 1 heterocycles. The van der Waals surface area contributed by atoms with Crippen molar-refractivity contribution < 1.29 is 23.4 Å².